The van der Waals surface area contributed by atoms with Gasteiger partial charge in [0, 0.05) is 16.1 Å². The van der Waals surface area contributed by atoms with Crippen LogP contribution in [0.1, 0.15) is 18.3 Å². The van der Waals surface area contributed by atoms with E-state index in [0.29, 0.717) is 26.7 Å². The number of halogens is 2. The van der Waals surface area contributed by atoms with Gasteiger partial charge < -0.3 is 4.74 Å². The summed E-state index contributed by atoms with van der Waals surface area (Å²) >= 11 is 1.88. The van der Waals surface area contributed by atoms with Gasteiger partial charge in [-0.05, 0) is 59.3 Å². The van der Waals surface area contributed by atoms with Crippen molar-refractivity contribution in [2.75, 3.05) is 7.11 Å². The molecule has 24 heavy (non-hydrogen) atoms. The lowest BCUT2D eigenvalue weighted by atomic mass is 10.1. The molecule has 124 valence electrons. The minimum Gasteiger partial charge on any atom is -0.497 e. The summed E-state index contributed by atoms with van der Waals surface area (Å²) in [6, 6.07) is 8.40. The molecule has 0 atom stereocenters. The molecule has 0 aliphatic carbocycles. The molecule has 3 aromatic rings. The fourth-order valence-electron chi connectivity index (χ4n) is 2.72. The summed E-state index contributed by atoms with van der Waals surface area (Å²) in [5.74, 6) is 0.963. The Bertz CT molecular complexity index is 998. The second-order valence-electron chi connectivity index (χ2n) is 5.46. The second-order valence-corrected chi connectivity index (χ2v) is 6.62. The third-order valence-electron chi connectivity index (χ3n) is 3.94. The number of aryl methyl sites for hydroxylation is 2. The molecule has 3 rings (SSSR count). The summed E-state index contributed by atoms with van der Waals surface area (Å²) < 4.78 is 21.0. The van der Waals surface area contributed by atoms with Gasteiger partial charge in [-0.25, -0.2) is 9.37 Å². The summed E-state index contributed by atoms with van der Waals surface area (Å²) in [6.45, 7) is 3.84. The molecule has 0 saturated heterocycles. The average molecular weight is 438 g/mol. The lowest BCUT2D eigenvalue weighted by molar-refractivity contribution is 0.414. The monoisotopic (exact) mass is 438 g/mol. The summed E-state index contributed by atoms with van der Waals surface area (Å²) in [5, 5.41) is 0.410. The molecule has 0 unspecified atom stereocenters. The van der Waals surface area contributed by atoms with Crippen LogP contribution in [0.2, 0.25) is 0 Å². The molecular weight excluding hydrogens is 422 g/mol. The number of rotatable bonds is 3. The van der Waals surface area contributed by atoms with Crippen LogP contribution in [0, 0.1) is 16.3 Å². The fourth-order valence-corrected chi connectivity index (χ4v) is 3.19. The van der Waals surface area contributed by atoms with Crippen LogP contribution in [-0.4, -0.2) is 16.7 Å². The summed E-state index contributed by atoms with van der Waals surface area (Å²) in [4.78, 5) is 17.5. The molecule has 0 radical (unpaired) electrons. The number of nitrogens with zero attached hydrogens (tertiary/aromatic N) is 2. The number of aromatic nitrogens is 2. The average Bonchev–Trinajstić information content (AvgIpc) is 2.57. The Morgan fingerprint density at radius 1 is 1.29 bits per heavy atom. The van der Waals surface area contributed by atoms with E-state index in [4.69, 9.17) is 4.74 Å². The van der Waals surface area contributed by atoms with Gasteiger partial charge in [-0.2, -0.15) is 0 Å². The predicted molar refractivity (Wildman–Crippen MR) is 101 cm³/mol. The third-order valence-corrected chi connectivity index (χ3v) is 4.77. The molecule has 4 nitrogen and oxygen atoms in total. The van der Waals surface area contributed by atoms with Crippen molar-refractivity contribution in [2.45, 2.75) is 20.3 Å². The number of hydrogen-bond donors (Lipinski definition) is 0. The van der Waals surface area contributed by atoms with E-state index in [0.717, 1.165) is 17.0 Å². The van der Waals surface area contributed by atoms with Gasteiger partial charge in [0.15, 0.2) is 0 Å². The smallest absolute Gasteiger partial charge is 0.266 e. The SMILES string of the molecule is CCc1nc2cc(F)c(I)cc2c(=O)n1-c1ccc(OC)cc1C. The zero-order chi connectivity index (χ0) is 17.4. The van der Waals surface area contributed by atoms with Crippen molar-refractivity contribution in [3.8, 4) is 11.4 Å². The van der Waals surface area contributed by atoms with Gasteiger partial charge in [0.25, 0.3) is 5.56 Å². The van der Waals surface area contributed by atoms with Crippen LogP contribution in [0.25, 0.3) is 16.6 Å². The van der Waals surface area contributed by atoms with E-state index < -0.39 is 0 Å². The molecule has 0 amide bonds. The maximum absolute atomic E-state index is 13.8. The van der Waals surface area contributed by atoms with Gasteiger partial charge in [0.05, 0.1) is 23.7 Å². The van der Waals surface area contributed by atoms with Crippen molar-refractivity contribution in [1.29, 1.82) is 0 Å². The van der Waals surface area contributed by atoms with E-state index >= 15 is 0 Å². The fraction of sp³-hybridized carbons (Fsp3) is 0.222. The van der Waals surface area contributed by atoms with Gasteiger partial charge in [-0.3, -0.25) is 9.36 Å². The molecule has 6 heteroatoms. The van der Waals surface area contributed by atoms with Gasteiger partial charge in [-0.1, -0.05) is 6.92 Å². The Morgan fingerprint density at radius 2 is 2.04 bits per heavy atom. The first-order valence-corrected chi connectivity index (χ1v) is 8.59. The Kier molecular flexibility index (Phi) is 4.58. The largest absolute Gasteiger partial charge is 0.497 e. The van der Waals surface area contributed by atoms with Gasteiger partial charge in [-0.15, -0.1) is 0 Å². The number of methoxy groups -OCH3 is 1. The maximum atomic E-state index is 13.8. The topological polar surface area (TPSA) is 44.1 Å². The number of ether oxygens (including phenoxy) is 1. The van der Waals surface area contributed by atoms with E-state index in [1.165, 1.54) is 6.07 Å². The zero-order valence-electron chi connectivity index (χ0n) is 13.6. The molecule has 0 spiro atoms. The minimum absolute atomic E-state index is 0.192. The van der Waals surface area contributed by atoms with Crippen molar-refractivity contribution >= 4 is 33.5 Å². The van der Waals surface area contributed by atoms with Gasteiger partial charge in [0.2, 0.25) is 0 Å². The van der Waals surface area contributed by atoms with Crippen LogP contribution in [0.15, 0.2) is 35.1 Å². The van der Waals surface area contributed by atoms with E-state index in [2.05, 4.69) is 4.98 Å². The van der Waals surface area contributed by atoms with Crippen LogP contribution in [0.3, 0.4) is 0 Å². The van der Waals surface area contributed by atoms with Crippen LogP contribution < -0.4 is 10.3 Å². The van der Waals surface area contributed by atoms with Crippen molar-refractivity contribution in [2.24, 2.45) is 0 Å². The van der Waals surface area contributed by atoms with Crippen LogP contribution in [-0.2, 0) is 6.42 Å². The minimum atomic E-state index is -0.365. The lowest BCUT2D eigenvalue weighted by Crippen LogP contribution is -2.24. The van der Waals surface area contributed by atoms with E-state index in [1.54, 1.807) is 17.7 Å². The van der Waals surface area contributed by atoms with Crippen molar-refractivity contribution in [1.82, 2.24) is 9.55 Å². The maximum Gasteiger partial charge on any atom is 0.266 e. The van der Waals surface area contributed by atoms with Crippen LogP contribution >= 0.6 is 22.6 Å². The summed E-state index contributed by atoms with van der Waals surface area (Å²) in [6.07, 6.45) is 0.560. The first-order chi connectivity index (χ1) is 11.5. The van der Waals surface area contributed by atoms with E-state index in [-0.39, 0.29) is 11.4 Å². The molecular formula is C18H16FIN2O2. The van der Waals surface area contributed by atoms with Gasteiger partial charge in [0.1, 0.15) is 17.4 Å². The molecule has 0 aliphatic rings. The molecule has 0 aliphatic heterocycles. The third kappa shape index (κ3) is 2.79. The first-order valence-electron chi connectivity index (χ1n) is 7.52. The Labute approximate surface area is 152 Å². The Balaban J connectivity index is 2.37. The van der Waals surface area contributed by atoms with E-state index in [1.807, 2.05) is 54.6 Å². The highest BCUT2D eigenvalue weighted by Gasteiger charge is 2.15. The number of benzene rings is 2. The lowest BCUT2D eigenvalue weighted by Gasteiger charge is -2.15. The van der Waals surface area contributed by atoms with Crippen molar-refractivity contribution < 1.29 is 9.13 Å². The number of hydrogen-bond acceptors (Lipinski definition) is 3. The van der Waals surface area contributed by atoms with Crippen LogP contribution in [0.4, 0.5) is 4.39 Å². The van der Waals surface area contributed by atoms with Crippen molar-refractivity contribution in [3.05, 3.63) is 61.5 Å². The van der Waals surface area contributed by atoms with E-state index in [9.17, 15) is 9.18 Å². The molecule has 1 heterocycles. The molecule has 2 aromatic carbocycles. The highest BCUT2D eigenvalue weighted by Crippen LogP contribution is 2.23. The van der Waals surface area contributed by atoms with Gasteiger partial charge >= 0.3 is 0 Å². The molecule has 0 N–H and O–H groups in total. The summed E-state index contributed by atoms with van der Waals surface area (Å²) in [7, 11) is 1.60. The van der Waals surface area contributed by atoms with Crippen LogP contribution in [0.5, 0.6) is 5.75 Å². The highest BCUT2D eigenvalue weighted by atomic mass is 127. The number of fused-ring (bicyclic) bond motifs is 1. The quantitative estimate of drug-likeness (QED) is 0.581. The molecule has 0 fully saturated rings. The molecule has 0 saturated carbocycles. The zero-order valence-corrected chi connectivity index (χ0v) is 15.7. The first kappa shape index (κ1) is 16.9. The second kappa shape index (κ2) is 6.51. The highest BCUT2D eigenvalue weighted by molar-refractivity contribution is 14.1. The van der Waals surface area contributed by atoms with Crippen molar-refractivity contribution in [3.63, 3.8) is 0 Å². The molecule has 0 bridgehead atoms. The summed E-state index contributed by atoms with van der Waals surface area (Å²) in [5.41, 5.74) is 1.86. The molecule has 1 aromatic heterocycles. The predicted octanol–water partition coefficient (Wildman–Crippen LogP) is 4.01. The standard InChI is InChI=1S/C18H16FIN2O2/c1-4-17-21-15-9-13(19)14(20)8-12(15)18(23)22(17)16-6-5-11(24-3)7-10(16)2/h5-9H,4H2,1-3H3. The Morgan fingerprint density at radius 3 is 2.67 bits per heavy atom. The normalized spacial score (nSPS) is 11.0. The Hall–Kier alpha value is -1.96.